The van der Waals surface area contributed by atoms with Crippen LogP contribution < -0.4 is 10.9 Å². The number of aromatic hydroxyl groups is 1. The number of amides is 2. The number of hydrogen-bond acceptors (Lipinski definition) is 4. The third-order valence-electron chi connectivity index (χ3n) is 2.34. The van der Waals surface area contributed by atoms with Crippen LogP contribution in [0.5, 0.6) is 5.75 Å². The molecule has 1 atom stereocenters. The number of rotatable bonds is 5. The Balaban J connectivity index is 2.54. The molecule has 0 radical (unpaired) electrons. The summed E-state index contributed by atoms with van der Waals surface area (Å²) in [4.78, 5) is 23.3. The number of benzene rings is 1. The number of ether oxygens (including phenoxy) is 1. The first-order valence-electron chi connectivity index (χ1n) is 5.77. The molecule has 3 N–H and O–H groups in total. The van der Waals surface area contributed by atoms with Crippen LogP contribution in [0.3, 0.4) is 0 Å². The normalized spacial score (nSPS) is 11.5. The van der Waals surface area contributed by atoms with E-state index < -0.39 is 17.9 Å². The standard InChI is InChI=1S/C13H15ClN2O4/c1-3-6-20-8(2)12(18)15-16-13(19)10-5-4-9(14)7-11(10)17/h3-5,7-8,17H,1,6H2,2H3,(H,15,18)(H,16,19). The van der Waals surface area contributed by atoms with Gasteiger partial charge in [0, 0.05) is 5.02 Å². The molecular formula is C13H15ClN2O4. The lowest BCUT2D eigenvalue weighted by Gasteiger charge is -2.13. The van der Waals surface area contributed by atoms with Gasteiger partial charge in [-0.2, -0.15) is 0 Å². The quantitative estimate of drug-likeness (QED) is 0.566. The number of hydrogen-bond donors (Lipinski definition) is 3. The molecule has 0 aliphatic rings. The van der Waals surface area contributed by atoms with Gasteiger partial charge < -0.3 is 9.84 Å². The van der Waals surface area contributed by atoms with E-state index in [1.54, 1.807) is 0 Å². The molecule has 20 heavy (non-hydrogen) atoms. The Labute approximate surface area is 121 Å². The average molecular weight is 299 g/mol. The summed E-state index contributed by atoms with van der Waals surface area (Å²) in [5, 5.41) is 9.86. The molecular weight excluding hydrogens is 284 g/mol. The van der Waals surface area contributed by atoms with Crippen LogP contribution >= 0.6 is 11.6 Å². The number of phenolic OH excluding ortho intramolecular Hbond substituents is 1. The number of phenols is 1. The van der Waals surface area contributed by atoms with Crippen LogP contribution in [0.4, 0.5) is 0 Å². The van der Waals surface area contributed by atoms with Crippen LogP contribution in [0.1, 0.15) is 17.3 Å². The summed E-state index contributed by atoms with van der Waals surface area (Å²) in [5.74, 6) is -1.46. The Hall–Kier alpha value is -2.05. The Morgan fingerprint density at radius 1 is 1.50 bits per heavy atom. The van der Waals surface area contributed by atoms with Crippen LogP contribution in [0.2, 0.25) is 5.02 Å². The van der Waals surface area contributed by atoms with E-state index in [1.165, 1.54) is 31.2 Å². The molecule has 1 aromatic rings. The number of halogens is 1. The van der Waals surface area contributed by atoms with Gasteiger partial charge in [-0.15, -0.1) is 6.58 Å². The summed E-state index contributed by atoms with van der Waals surface area (Å²) < 4.78 is 5.08. The van der Waals surface area contributed by atoms with E-state index in [1.807, 2.05) is 0 Å². The maximum absolute atomic E-state index is 11.7. The van der Waals surface area contributed by atoms with Crippen LogP contribution in [-0.4, -0.2) is 29.6 Å². The molecule has 1 rings (SSSR count). The van der Waals surface area contributed by atoms with E-state index >= 15 is 0 Å². The second-order valence-electron chi connectivity index (χ2n) is 3.87. The minimum Gasteiger partial charge on any atom is -0.507 e. The molecule has 6 nitrogen and oxygen atoms in total. The largest absolute Gasteiger partial charge is 0.507 e. The van der Waals surface area contributed by atoms with E-state index in [2.05, 4.69) is 17.4 Å². The van der Waals surface area contributed by atoms with E-state index in [0.29, 0.717) is 5.02 Å². The Morgan fingerprint density at radius 3 is 2.80 bits per heavy atom. The molecule has 0 aliphatic heterocycles. The molecule has 1 unspecified atom stereocenters. The molecule has 108 valence electrons. The van der Waals surface area contributed by atoms with Crippen LogP contribution in [-0.2, 0) is 9.53 Å². The Kier molecular flexibility index (Phi) is 6.02. The van der Waals surface area contributed by atoms with Crippen molar-refractivity contribution in [1.82, 2.24) is 10.9 Å². The van der Waals surface area contributed by atoms with Gasteiger partial charge in [-0.05, 0) is 25.1 Å². The maximum Gasteiger partial charge on any atom is 0.273 e. The zero-order valence-electron chi connectivity index (χ0n) is 10.9. The van der Waals surface area contributed by atoms with E-state index in [-0.39, 0.29) is 17.9 Å². The fraction of sp³-hybridized carbons (Fsp3) is 0.231. The summed E-state index contributed by atoms with van der Waals surface area (Å²) in [6.07, 6.45) is 0.765. The summed E-state index contributed by atoms with van der Waals surface area (Å²) in [5.41, 5.74) is 4.35. The van der Waals surface area contributed by atoms with Crippen molar-refractivity contribution in [2.24, 2.45) is 0 Å². The lowest BCUT2D eigenvalue weighted by Crippen LogP contribution is -2.46. The maximum atomic E-state index is 11.7. The van der Waals surface area contributed by atoms with Crippen molar-refractivity contribution in [3.63, 3.8) is 0 Å². The summed E-state index contributed by atoms with van der Waals surface area (Å²) in [6, 6.07) is 4.03. The number of carbonyl (C=O) groups excluding carboxylic acids is 2. The van der Waals surface area contributed by atoms with Gasteiger partial charge in [-0.3, -0.25) is 20.4 Å². The van der Waals surface area contributed by atoms with Crippen LogP contribution in [0.25, 0.3) is 0 Å². The first-order chi connectivity index (χ1) is 9.45. The number of carbonyl (C=O) groups is 2. The van der Waals surface area contributed by atoms with Gasteiger partial charge in [0.15, 0.2) is 0 Å². The lowest BCUT2D eigenvalue weighted by atomic mass is 10.2. The summed E-state index contributed by atoms with van der Waals surface area (Å²) in [7, 11) is 0. The van der Waals surface area contributed by atoms with Gasteiger partial charge in [0.1, 0.15) is 11.9 Å². The van der Waals surface area contributed by atoms with Crippen molar-refractivity contribution in [2.75, 3.05) is 6.61 Å². The summed E-state index contributed by atoms with van der Waals surface area (Å²) >= 11 is 5.65. The molecule has 0 aromatic heterocycles. The van der Waals surface area contributed by atoms with E-state index in [4.69, 9.17) is 16.3 Å². The SMILES string of the molecule is C=CCOC(C)C(=O)NNC(=O)c1ccc(Cl)cc1O. The molecule has 0 heterocycles. The smallest absolute Gasteiger partial charge is 0.273 e. The minimum absolute atomic E-state index is 0.00522. The fourth-order valence-electron chi connectivity index (χ4n) is 1.27. The second kappa shape index (κ2) is 7.52. The monoisotopic (exact) mass is 298 g/mol. The van der Waals surface area contributed by atoms with Gasteiger partial charge in [0.2, 0.25) is 0 Å². The van der Waals surface area contributed by atoms with E-state index in [0.717, 1.165) is 0 Å². The van der Waals surface area contributed by atoms with Crippen molar-refractivity contribution in [3.05, 3.63) is 41.4 Å². The Bertz CT molecular complexity index is 519. The van der Waals surface area contributed by atoms with Crippen LogP contribution in [0.15, 0.2) is 30.9 Å². The molecule has 0 spiro atoms. The van der Waals surface area contributed by atoms with Gasteiger partial charge in [0.25, 0.3) is 11.8 Å². The van der Waals surface area contributed by atoms with Crippen molar-refractivity contribution in [2.45, 2.75) is 13.0 Å². The average Bonchev–Trinajstić information content (AvgIpc) is 2.41. The van der Waals surface area contributed by atoms with Crippen LogP contribution in [0, 0.1) is 0 Å². The van der Waals surface area contributed by atoms with Gasteiger partial charge in [-0.1, -0.05) is 17.7 Å². The highest BCUT2D eigenvalue weighted by Crippen LogP contribution is 2.21. The molecule has 0 fully saturated rings. The predicted molar refractivity (Wildman–Crippen MR) is 74.3 cm³/mol. The molecule has 0 aliphatic carbocycles. The third-order valence-corrected chi connectivity index (χ3v) is 2.57. The topological polar surface area (TPSA) is 87.7 Å². The second-order valence-corrected chi connectivity index (χ2v) is 4.31. The lowest BCUT2D eigenvalue weighted by molar-refractivity contribution is -0.131. The molecule has 0 saturated carbocycles. The predicted octanol–water partition coefficient (Wildman–Crippen LogP) is 1.40. The highest BCUT2D eigenvalue weighted by molar-refractivity contribution is 6.30. The molecule has 0 bridgehead atoms. The number of nitrogens with one attached hydrogen (secondary N) is 2. The molecule has 0 saturated heterocycles. The molecule has 1 aromatic carbocycles. The molecule has 2 amide bonds. The minimum atomic E-state index is -0.743. The van der Waals surface area contributed by atoms with Crippen molar-refractivity contribution in [1.29, 1.82) is 0 Å². The first kappa shape index (κ1) is 16.0. The van der Waals surface area contributed by atoms with Crippen molar-refractivity contribution in [3.8, 4) is 5.75 Å². The Morgan fingerprint density at radius 2 is 2.20 bits per heavy atom. The van der Waals surface area contributed by atoms with Gasteiger partial charge in [0.05, 0.1) is 12.2 Å². The number of hydrazine groups is 1. The highest BCUT2D eigenvalue weighted by atomic mass is 35.5. The van der Waals surface area contributed by atoms with Crippen molar-refractivity contribution >= 4 is 23.4 Å². The third kappa shape index (κ3) is 4.56. The van der Waals surface area contributed by atoms with Gasteiger partial charge in [-0.25, -0.2) is 0 Å². The zero-order valence-corrected chi connectivity index (χ0v) is 11.6. The first-order valence-corrected chi connectivity index (χ1v) is 6.14. The zero-order chi connectivity index (χ0) is 15.1. The highest BCUT2D eigenvalue weighted by Gasteiger charge is 2.15. The fourth-order valence-corrected chi connectivity index (χ4v) is 1.44. The van der Waals surface area contributed by atoms with E-state index in [9.17, 15) is 14.7 Å². The van der Waals surface area contributed by atoms with Crippen molar-refractivity contribution < 1.29 is 19.4 Å². The molecule has 7 heteroatoms. The summed E-state index contributed by atoms with van der Waals surface area (Å²) in [6.45, 7) is 5.21. The van der Waals surface area contributed by atoms with Gasteiger partial charge >= 0.3 is 0 Å².